The molecular weight excluding hydrogens is 194 g/mol. The van der Waals surface area contributed by atoms with Crippen molar-refractivity contribution in [2.24, 2.45) is 0 Å². The smallest absolute Gasteiger partial charge is 0.223 e. The predicted molar refractivity (Wildman–Crippen MR) is 62.9 cm³/mol. The number of aromatic nitrogens is 2. The first-order valence-corrected chi connectivity index (χ1v) is 6.20. The minimum absolute atomic E-state index is 0.465. The molecule has 0 aliphatic heterocycles. The highest BCUT2D eigenvalue weighted by molar-refractivity contribution is 7.98. The van der Waals surface area contributed by atoms with Gasteiger partial charge in [0.1, 0.15) is 0 Å². The molecule has 0 amide bonds. The Balaban J connectivity index is 2.57. The zero-order chi connectivity index (χ0) is 10.4. The van der Waals surface area contributed by atoms with E-state index in [0.29, 0.717) is 6.04 Å². The molecule has 0 fully saturated rings. The lowest BCUT2D eigenvalue weighted by Crippen LogP contribution is -2.22. The minimum Gasteiger partial charge on any atom is -0.351 e. The third kappa shape index (κ3) is 3.54. The van der Waals surface area contributed by atoms with Crippen LogP contribution < -0.4 is 5.32 Å². The van der Waals surface area contributed by atoms with Gasteiger partial charge in [0.05, 0.1) is 0 Å². The zero-order valence-electron chi connectivity index (χ0n) is 8.95. The van der Waals surface area contributed by atoms with Crippen LogP contribution in [0.15, 0.2) is 12.3 Å². The summed E-state index contributed by atoms with van der Waals surface area (Å²) in [6.45, 7) is 4.14. The van der Waals surface area contributed by atoms with Crippen LogP contribution in [-0.2, 0) is 0 Å². The quantitative estimate of drug-likeness (QED) is 0.811. The van der Waals surface area contributed by atoms with Gasteiger partial charge in [0.2, 0.25) is 5.95 Å². The van der Waals surface area contributed by atoms with Gasteiger partial charge in [-0.05, 0) is 25.7 Å². The number of aryl methyl sites for hydroxylation is 1. The van der Waals surface area contributed by atoms with Crippen LogP contribution in [0.3, 0.4) is 0 Å². The number of anilines is 1. The second-order valence-electron chi connectivity index (χ2n) is 3.23. The van der Waals surface area contributed by atoms with Gasteiger partial charge in [0.15, 0.2) is 0 Å². The van der Waals surface area contributed by atoms with Crippen LogP contribution in [-0.4, -0.2) is 28.0 Å². The Morgan fingerprint density at radius 1 is 1.57 bits per heavy atom. The summed E-state index contributed by atoms with van der Waals surface area (Å²) in [5.41, 5.74) is 1.00. The van der Waals surface area contributed by atoms with Crippen molar-refractivity contribution < 1.29 is 0 Å². The second kappa shape index (κ2) is 5.86. The molecule has 0 aliphatic rings. The van der Waals surface area contributed by atoms with Gasteiger partial charge in [-0.15, -0.1) is 0 Å². The highest BCUT2D eigenvalue weighted by Crippen LogP contribution is 2.07. The van der Waals surface area contributed by atoms with Crippen molar-refractivity contribution in [3.63, 3.8) is 0 Å². The van der Waals surface area contributed by atoms with Crippen LogP contribution >= 0.6 is 11.8 Å². The summed E-state index contributed by atoms with van der Waals surface area (Å²) in [5, 5.41) is 3.33. The van der Waals surface area contributed by atoms with Crippen LogP contribution in [0.2, 0.25) is 0 Å². The summed E-state index contributed by atoms with van der Waals surface area (Å²) in [4.78, 5) is 8.49. The molecule has 4 heteroatoms. The average molecular weight is 211 g/mol. The van der Waals surface area contributed by atoms with Crippen molar-refractivity contribution in [2.75, 3.05) is 17.3 Å². The fraction of sp³-hybridized carbons (Fsp3) is 0.600. The van der Waals surface area contributed by atoms with Crippen molar-refractivity contribution in [3.8, 4) is 0 Å². The van der Waals surface area contributed by atoms with E-state index in [0.717, 1.165) is 23.8 Å². The van der Waals surface area contributed by atoms with E-state index in [1.165, 1.54) is 0 Å². The second-order valence-corrected chi connectivity index (χ2v) is 4.14. The Kier molecular flexibility index (Phi) is 4.73. The third-order valence-corrected chi connectivity index (χ3v) is 2.72. The Bertz CT molecular complexity index is 278. The van der Waals surface area contributed by atoms with E-state index in [-0.39, 0.29) is 0 Å². The molecule has 1 rings (SSSR count). The summed E-state index contributed by atoms with van der Waals surface area (Å²) in [6, 6.07) is 2.37. The Hall–Kier alpha value is -0.770. The van der Waals surface area contributed by atoms with Crippen LogP contribution in [0, 0.1) is 6.92 Å². The SMILES string of the molecule is CCC(CSC)Nc1nccc(C)n1. The van der Waals surface area contributed by atoms with Gasteiger partial charge in [-0.2, -0.15) is 11.8 Å². The van der Waals surface area contributed by atoms with E-state index < -0.39 is 0 Å². The Morgan fingerprint density at radius 2 is 2.36 bits per heavy atom. The first kappa shape index (κ1) is 11.3. The van der Waals surface area contributed by atoms with Crippen LogP contribution in [0.4, 0.5) is 5.95 Å². The van der Waals surface area contributed by atoms with E-state index in [2.05, 4.69) is 28.5 Å². The fourth-order valence-electron chi connectivity index (χ4n) is 1.16. The fourth-order valence-corrected chi connectivity index (χ4v) is 1.89. The lowest BCUT2D eigenvalue weighted by molar-refractivity contribution is 0.762. The normalized spacial score (nSPS) is 12.5. The minimum atomic E-state index is 0.465. The summed E-state index contributed by atoms with van der Waals surface area (Å²) in [6.07, 6.45) is 5.00. The molecule has 0 saturated carbocycles. The molecule has 3 nitrogen and oxygen atoms in total. The van der Waals surface area contributed by atoms with Gasteiger partial charge in [0.25, 0.3) is 0 Å². The zero-order valence-corrected chi connectivity index (χ0v) is 9.77. The molecular formula is C10H17N3S. The molecule has 14 heavy (non-hydrogen) atoms. The molecule has 1 heterocycles. The number of hydrogen-bond acceptors (Lipinski definition) is 4. The number of rotatable bonds is 5. The maximum Gasteiger partial charge on any atom is 0.223 e. The first-order chi connectivity index (χ1) is 6.76. The molecule has 0 aromatic carbocycles. The van der Waals surface area contributed by atoms with Crippen molar-refractivity contribution in [1.29, 1.82) is 0 Å². The molecule has 1 unspecified atom stereocenters. The van der Waals surface area contributed by atoms with E-state index >= 15 is 0 Å². The molecule has 1 N–H and O–H groups in total. The predicted octanol–water partition coefficient (Wildman–Crippen LogP) is 2.34. The van der Waals surface area contributed by atoms with Gasteiger partial charge in [-0.1, -0.05) is 6.92 Å². The molecule has 1 atom stereocenters. The van der Waals surface area contributed by atoms with Crippen molar-refractivity contribution in [2.45, 2.75) is 26.3 Å². The monoisotopic (exact) mass is 211 g/mol. The lowest BCUT2D eigenvalue weighted by Gasteiger charge is -2.15. The molecule has 78 valence electrons. The van der Waals surface area contributed by atoms with E-state index in [1.807, 2.05) is 24.8 Å². The van der Waals surface area contributed by atoms with Gasteiger partial charge in [-0.3, -0.25) is 0 Å². The van der Waals surface area contributed by atoms with E-state index in [4.69, 9.17) is 0 Å². The van der Waals surface area contributed by atoms with Crippen molar-refractivity contribution in [1.82, 2.24) is 9.97 Å². The van der Waals surface area contributed by atoms with Gasteiger partial charge >= 0.3 is 0 Å². The first-order valence-electron chi connectivity index (χ1n) is 4.81. The largest absolute Gasteiger partial charge is 0.351 e. The van der Waals surface area contributed by atoms with Crippen LogP contribution in [0.25, 0.3) is 0 Å². The number of hydrogen-bond donors (Lipinski definition) is 1. The molecule has 1 aromatic heterocycles. The van der Waals surface area contributed by atoms with E-state index in [1.54, 1.807) is 6.20 Å². The molecule has 0 spiro atoms. The van der Waals surface area contributed by atoms with Crippen molar-refractivity contribution >= 4 is 17.7 Å². The lowest BCUT2D eigenvalue weighted by atomic mass is 10.3. The van der Waals surface area contributed by atoms with Gasteiger partial charge < -0.3 is 5.32 Å². The van der Waals surface area contributed by atoms with Gasteiger partial charge in [-0.25, -0.2) is 9.97 Å². The molecule has 0 saturated heterocycles. The maximum atomic E-state index is 4.31. The molecule has 0 aliphatic carbocycles. The topological polar surface area (TPSA) is 37.8 Å². The molecule has 0 bridgehead atoms. The molecule has 1 aromatic rings. The Labute approximate surface area is 89.7 Å². The number of thioether (sulfide) groups is 1. The number of nitrogens with zero attached hydrogens (tertiary/aromatic N) is 2. The van der Waals surface area contributed by atoms with Gasteiger partial charge in [0, 0.05) is 23.7 Å². The van der Waals surface area contributed by atoms with E-state index in [9.17, 15) is 0 Å². The Morgan fingerprint density at radius 3 is 2.93 bits per heavy atom. The summed E-state index contributed by atoms with van der Waals surface area (Å²) in [5.74, 6) is 1.83. The maximum absolute atomic E-state index is 4.31. The summed E-state index contributed by atoms with van der Waals surface area (Å²) >= 11 is 1.84. The summed E-state index contributed by atoms with van der Waals surface area (Å²) in [7, 11) is 0. The average Bonchev–Trinajstić information content (AvgIpc) is 2.17. The highest BCUT2D eigenvalue weighted by atomic mass is 32.2. The van der Waals surface area contributed by atoms with Crippen molar-refractivity contribution in [3.05, 3.63) is 18.0 Å². The standard InChI is InChI=1S/C10H17N3S/c1-4-9(7-14-3)13-10-11-6-5-8(2)12-10/h5-6,9H,4,7H2,1-3H3,(H,11,12,13). The summed E-state index contributed by atoms with van der Waals surface area (Å²) < 4.78 is 0. The van der Waals surface area contributed by atoms with Crippen LogP contribution in [0.5, 0.6) is 0 Å². The van der Waals surface area contributed by atoms with Crippen LogP contribution in [0.1, 0.15) is 19.0 Å². The highest BCUT2D eigenvalue weighted by Gasteiger charge is 2.06. The molecule has 0 radical (unpaired) electrons. The number of nitrogens with one attached hydrogen (secondary N) is 1. The third-order valence-electron chi connectivity index (χ3n) is 1.99.